The van der Waals surface area contributed by atoms with Crippen molar-refractivity contribution in [2.45, 2.75) is 44.7 Å². The van der Waals surface area contributed by atoms with Crippen LogP contribution < -0.4 is 5.32 Å². The van der Waals surface area contributed by atoms with E-state index in [1.54, 1.807) is 11.8 Å². The topological polar surface area (TPSA) is 29.1 Å². The summed E-state index contributed by atoms with van der Waals surface area (Å²) in [6, 6.07) is 16.7. The lowest BCUT2D eigenvalue weighted by molar-refractivity contribution is -0.120. The Morgan fingerprint density at radius 1 is 1.09 bits per heavy atom. The second-order valence-corrected chi connectivity index (χ2v) is 7.36. The minimum Gasteiger partial charge on any atom is -0.349 e. The summed E-state index contributed by atoms with van der Waals surface area (Å²) >= 11 is 1.67. The van der Waals surface area contributed by atoms with Crippen LogP contribution in [0.15, 0.2) is 48.5 Å². The van der Waals surface area contributed by atoms with E-state index in [0.717, 1.165) is 5.75 Å². The standard InChI is InChI=1S/C20H25NOS/c1-14-10-11-15(2)19(12-14)16(3)21-20(22)17(4)23-13-18-8-6-5-7-9-18/h5-12,16-17H,13H2,1-4H3,(H,21,22). The van der Waals surface area contributed by atoms with Gasteiger partial charge in [0.1, 0.15) is 0 Å². The molecular formula is C20H25NOS. The SMILES string of the molecule is Cc1ccc(C)c(C(C)NC(=O)C(C)SCc2ccccc2)c1. The van der Waals surface area contributed by atoms with Gasteiger partial charge in [0.05, 0.1) is 11.3 Å². The van der Waals surface area contributed by atoms with Crippen molar-refractivity contribution in [1.29, 1.82) is 0 Å². The number of thioether (sulfide) groups is 1. The monoisotopic (exact) mass is 327 g/mol. The molecule has 1 N–H and O–H groups in total. The number of nitrogens with one attached hydrogen (secondary N) is 1. The summed E-state index contributed by atoms with van der Waals surface area (Å²) in [7, 11) is 0. The molecule has 0 radical (unpaired) electrons. The first kappa shape index (κ1) is 17.6. The van der Waals surface area contributed by atoms with Crippen LogP contribution in [0.3, 0.4) is 0 Å². The quantitative estimate of drug-likeness (QED) is 0.825. The van der Waals surface area contributed by atoms with E-state index in [0.29, 0.717) is 0 Å². The zero-order valence-electron chi connectivity index (χ0n) is 14.3. The molecule has 0 aliphatic rings. The van der Waals surface area contributed by atoms with Gasteiger partial charge in [-0.2, -0.15) is 0 Å². The van der Waals surface area contributed by atoms with Gasteiger partial charge in [-0.05, 0) is 44.4 Å². The van der Waals surface area contributed by atoms with Crippen molar-refractivity contribution in [2.24, 2.45) is 0 Å². The first-order valence-corrected chi connectivity index (χ1v) is 9.05. The van der Waals surface area contributed by atoms with Gasteiger partial charge in [0.25, 0.3) is 0 Å². The Balaban J connectivity index is 1.91. The van der Waals surface area contributed by atoms with E-state index in [-0.39, 0.29) is 17.2 Å². The third-order valence-electron chi connectivity index (χ3n) is 3.97. The summed E-state index contributed by atoms with van der Waals surface area (Å²) in [5.74, 6) is 0.951. The van der Waals surface area contributed by atoms with Crippen molar-refractivity contribution < 1.29 is 4.79 Å². The van der Waals surface area contributed by atoms with Gasteiger partial charge in [0.15, 0.2) is 0 Å². The fourth-order valence-electron chi connectivity index (χ4n) is 2.51. The normalized spacial score (nSPS) is 13.4. The van der Waals surface area contributed by atoms with Gasteiger partial charge >= 0.3 is 0 Å². The molecule has 0 heterocycles. The van der Waals surface area contributed by atoms with Crippen LogP contribution in [0.1, 0.15) is 42.1 Å². The zero-order valence-corrected chi connectivity index (χ0v) is 15.1. The summed E-state index contributed by atoms with van der Waals surface area (Å²) in [5, 5.41) is 3.07. The maximum absolute atomic E-state index is 12.4. The first-order valence-electron chi connectivity index (χ1n) is 8.00. The average molecular weight is 327 g/mol. The van der Waals surface area contributed by atoms with Gasteiger partial charge < -0.3 is 5.32 Å². The molecule has 2 unspecified atom stereocenters. The Hall–Kier alpha value is -1.74. The fourth-order valence-corrected chi connectivity index (χ4v) is 3.36. The third-order valence-corrected chi connectivity index (χ3v) is 5.19. The van der Waals surface area contributed by atoms with Crippen LogP contribution in [0, 0.1) is 13.8 Å². The summed E-state index contributed by atoms with van der Waals surface area (Å²) in [5.41, 5.74) is 4.88. The number of hydrogen-bond acceptors (Lipinski definition) is 2. The predicted molar refractivity (Wildman–Crippen MR) is 99.7 cm³/mol. The van der Waals surface area contributed by atoms with Crippen LogP contribution in [0.5, 0.6) is 0 Å². The number of rotatable bonds is 6. The van der Waals surface area contributed by atoms with Gasteiger partial charge in [-0.1, -0.05) is 54.1 Å². The van der Waals surface area contributed by atoms with Crippen LogP contribution in [0.25, 0.3) is 0 Å². The molecule has 0 bridgehead atoms. The highest BCUT2D eigenvalue weighted by atomic mass is 32.2. The molecule has 0 fully saturated rings. The largest absolute Gasteiger partial charge is 0.349 e. The van der Waals surface area contributed by atoms with Crippen LogP contribution >= 0.6 is 11.8 Å². The third kappa shape index (κ3) is 5.14. The molecule has 0 saturated carbocycles. The Morgan fingerprint density at radius 3 is 2.48 bits per heavy atom. The fraction of sp³-hybridized carbons (Fsp3) is 0.350. The van der Waals surface area contributed by atoms with Crippen molar-refractivity contribution in [3.8, 4) is 0 Å². The molecule has 122 valence electrons. The second-order valence-electron chi connectivity index (χ2n) is 6.03. The van der Waals surface area contributed by atoms with Gasteiger partial charge in [0.2, 0.25) is 5.91 Å². The summed E-state index contributed by atoms with van der Waals surface area (Å²) in [6.07, 6.45) is 0. The van der Waals surface area contributed by atoms with Crippen LogP contribution in [0.4, 0.5) is 0 Å². The lowest BCUT2D eigenvalue weighted by atomic mass is 10.00. The lowest BCUT2D eigenvalue weighted by Gasteiger charge is -2.20. The van der Waals surface area contributed by atoms with Crippen molar-refractivity contribution in [2.75, 3.05) is 0 Å². The van der Waals surface area contributed by atoms with E-state index in [1.165, 1.54) is 22.3 Å². The van der Waals surface area contributed by atoms with Crippen LogP contribution in [0.2, 0.25) is 0 Å². The number of aryl methyl sites for hydroxylation is 2. The van der Waals surface area contributed by atoms with E-state index in [9.17, 15) is 4.79 Å². The molecule has 0 aliphatic carbocycles. The molecule has 2 aromatic rings. The van der Waals surface area contributed by atoms with E-state index in [2.05, 4.69) is 49.5 Å². The summed E-state index contributed by atoms with van der Waals surface area (Å²) < 4.78 is 0. The van der Waals surface area contributed by atoms with E-state index >= 15 is 0 Å². The van der Waals surface area contributed by atoms with Gasteiger partial charge in [-0.15, -0.1) is 11.8 Å². The highest BCUT2D eigenvalue weighted by molar-refractivity contribution is 7.99. The van der Waals surface area contributed by atoms with E-state index in [4.69, 9.17) is 0 Å². The number of hydrogen-bond donors (Lipinski definition) is 1. The van der Waals surface area contributed by atoms with Gasteiger partial charge in [-0.3, -0.25) is 4.79 Å². The Morgan fingerprint density at radius 2 is 1.78 bits per heavy atom. The minimum atomic E-state index is -0.0669. The molecule has 2 rings (SSSR count). The molecule has 0 aromatic heterocycles. The maximum Gasteiger partial charge on any atom is 0.233 e. The van der Waals surface area contributed by atoms with Gasteiger partial charge in [-0.25, -0.2) is 0 Å². The van der Waals surface area contributed by atoms with Crippen molar-refractivity contribution >= 4 is 17.7 Å². The Bertz CT molecular complexity index is 654. The molecule has 0 spiro atoms. The molecule has 0 aliphatic heterocycles. The molecular weight excluding hydrogens is 302 g/mol. The molecule has 2 atom stereocenters. The number of carbonyl (C=O) groups excluding carboxylic acids is 1. The smallest absolute Gasteiger partial charge is 0.233 e. The molecule has 1 amide bonds. The van der Waals surface area contributed by atoms with Crippen molar-refractivity contribution in [3.05, 3.63) is 70.8 Å². The van der Waals surface area contributed by atoms with Crippen molar-refractivity contribution in [1.82, 2.24) is 5.32 Å². The minimum absolute atomic E-state index is 0.0298. The number of benzene rings is 2. The maximum atomic E-state index is 12.4. The van der Waals surface area contributed by atoms with Crippen molar-refractivity contribution in [3.63, 3.8) is 0 Å². The second kappa shape index (κ2) is 8.21. The zero-order chi connectivity index (χ0) is 16.8. The average Bonchev–Trinajstić information content (AvgIpc) is 2.55. The summed E-state index contributed by atoms with van der Waals surface area (Å²) in [4.78, 5) is 12.4. The Kier molecular flexibility index (Phi) is 6.28. The lowest BCUT2D eigenvalue weighted by Crippen LogP contribution is -2.33. The molecule has 0 saturated heterocycles. The molecule has 2 nitrogen and oxygen atoms in total. The molecule has 2 aromatic carbocycles. The highest BCUT2D eigenvalue weighted by Crippen LogP contribution is 2.21. The highest BCUT2D eigenvalue weighted by Gasteiger charge is 2.17. The van der Waals surface area contributed by atoms with Crippen LogP contribution in [-0.4, -0.2) is 11.2 Å². The van der Waals surface area contributed by atoms with E-state index < -0.39 is 0 Å². The van der Waals surface area contributed by atoms with Gasteiger partial charge in [0, 0.05) is 5.75 Å². The number of amides is 1. The molecule has 23 heavy (non-hydrogen) atoms. The van der Waals surface area contributed by atoms with E-state index in [1.807, 2.05) is 32.0 Å². The predicted octanol–water partition coefficient (Wildman–Crippen LogP) is 4.80. The first-order chi connectivity index (χ1) is 11.0. The summed E-state index contributed by atoms with van der Waals surface area (Å²) in [6.45, 7) is 8.19. The van der Waals surface area contributed by atoms with Crippen LogP contribution in [-0.2, 0) is 10.5 Å². The number of carbonyl (C=O) groups is 1. The Labute approximate surface area is 143 Å². The molecule has 3 heteroatoms.